The Kier molecular flexibility index (Phi) is 2.95. The van der Waals surface area contributed by atoms with Gasteiger partial charge in [-0.05, 0) is 18.6 Å². The van der Waals surface area contributed by atoms with Gasteiger partial charge in [-0.1, -0.05) is 0 Å². The first-order chi connectivity index (χ1) is 6.40. The van der Waals surface area contributed by atoms with E-state index in [-0.39, 0.29) is 6.54 Å². The highest BCUT2D eigenvalue weighted by molar-refractivity contribution is 5.23. The Balaban J connectivity index is 2.92. The van der Waals surface area contributed by atoms with Gasteiger partial charge in [0.15, 0.2) is 0 Å². The van der Waals surface area contributed by atoms with Crippen LogP contribution in [-0.4, -0.2) is 11.3 Å². The molecule has 0 unspecified atom stereocenters. The molecule has 14 heavy (non-hydrogen) atoms. The number of pyridine rings is 1. The summed E-state index contributed by atoms with van der Waals surface area (Å²) >= 11 is 0. The van der Waals surface area contributed by atoms with E-state index in [4.69, 9.17) is 5.73 Å². The Morgan fingerprint density at radius 3 is 2.57 bits per heavy atom. The topological polar surface area (TPSA) is 48.1 Å². The molecule has 0 aliphatic rings. The van der Waals surface area contributed by atoms with Crippen molar-refractivity contribution in [3.8, 4) is 5.88 Å². The van der Waals surface area contributed by atoms with Crippen LogP contribution in [0.15, 0.2) is 12.1 Å². The summed E-state index contributed by atoms with van der Waals surface area (Å²) in [7, 11) is 0. The summed E-state index contributed by atoms with van der Waals surface area (Å²) in [6.07, 6.45) is -4.72. The molecule has 0 saturated heterocycles. The van der Waals surface area contributed by atoms with Gasteiger partial charge in [0.25, 0.3) is 0 Å². The zero-order valence-corrected chi connectivity index (χ0v) is 7.43. The lowest BCUT2D eigenvalue weighted by molar-refractivity contribution is -0.276. The van der Waals surface area contributed by atoms with Crippen LogP contribution in [0.4, 0.5) is 13.2 Å². The van der Waals surface area contributed by atoms with Gasteiger partial charge < -0.3 is 10.5 Å². The molecule has 0 bridgehead atoms. The molecule has 78 valence electrons. The number of nitrogens with two attached hydrogens (primary N) is 1. The lowest BCUT2D eigenvalue weighted by Gasteiger charge is -2.09. The number of aromatic nitrogens is 1. The van der Waals surface area contributed by atoms with Crippen LogP contribution >= 0.6 is 0 Å². The first-order valence-corrected chi connectivity index (χ1v) is 3.84. The van der Waals surface area contributed by atoms with Crippen LogP contribution in [0.1, 0.15) is 11.3 Å². The van der Waals surface area contributed by atoms with E-state index in [1.807, 2.05) is 0 Å². The van der Waals surface area contributed by atoms with Crippen molar-refractivity contribution in [2.75, 3.05) is 0 Å². The second-order valence-corrected chi connectivity index (χ2v) is 2.73. The van der Waals surface area contributed by atoms with Crippen LogP contribution in [0.2, 0.25) is 0 Å². The van der Waals surface area contributed by atoms with Gasteiger partial charge in [0, 0.05) is 12.6 Å². The average Bonchev–Trinajstić information content (AvgIpc) is 1.99. The number of halogens is 3. The molecule has 1 rings (SSSR count). The van der Waals surface area contributed by atoms with Crippen LogP contribution in [0.25, 0.3) is 0 Å². The van der Waals surface area contributed by atoms with Crippen molar-refractivity contribution in [1.82, 2.24) is 4.98 Å². The molecule has 3 nitrogen and oxygen atoms in total. The van der Waals surface area contributed by atoms with Crippen LogP contribution in [-0.2, 0) is 6.54 Å². The molecule has 0 amide bonds. The number of aryl methyl sites for hydroxylation is 1. The number of ether oxygens (including phenoxy) is 1. The molecule has 0 aromatic carbocycles. The van der Waals surface area contributed by atoms with Gasteiger partial charge in [0.1, 0.15) is 0 Å². The van der Waals surface area contributed by atoms with E-state index in [1.165, 1.54) is 6.07 Å². The monoisotopic (exact) mass is 206 g/mol. The normalized spacial score (nSPS) is 11.5. The van der Waals surface area contributed by atoms with Crippen LogP contribution in [0.3, 0.4) is 0 Å². The Morgan fingerprint density at radius 1 is 1.43 bits per heavy atom. The largest absolute Gasteiger partial charge is 0.574 e. The number of alkyl halides is 3. The van der Waals surface area contributed by atoms with Gasteiger partial charge in [-0.25, -0.2) is 4.98 Å². The number of hydrogen-bond donors (Lipinski definition) is 1. The van der Waals surface area contributed by atoms with Gasteiger partial charge in [-0.15, -0.1) is 13.2 Å². The van der Waals surface area contributed by atoms with Gasteiger partial charge in [0.05, 0.1) is 5.69 Å². The first kappa shape index (κ1) is 10.8. The summed E-state index contributed by atoms with van der Waals surface area (Å²) in [5.41, 5.74) is 6.24. The quantitative estimate of drug-likeness (QED) is 0.801. The van der Waals surface area contributed by atoms with Crippen LogP contribution in [0, 0.1) is 6.92 Å². The fraction of sp³-hybridized carbons (Fsp3) is 0.375. The number of nitrogens with zero attached hydrogens (tertiary/aromatic N) is 1. The summed E-state index contributed by atoms with van der Waals surface area (Å²) in [4.78, 5) is 3.57. The molecular weight excluding hydrogens is 197 g/mol. The van der Waals surface area contributed by atoms with E-state index in [0.29, 0.717) is 11.3 Å². The minimum Gasteiger partial charge on any atom is -0.388 e. The maximum atomic E-state index is 11.8. The fourth-order valence-corrected chi connectivity index (χ4v) is 0.981. The molecule has 2 N–H and O–H groups in total. The lowest BCUT2D eigenvalue weighted by atomic mass is 10.2. The number of hydrogen-bond acceptors (Lipinski definition) is 3. The molecule has 0 fully saturated rings. The van der Waals surface area contributed by atoms with E-state index < -0.39 is 12.2 Å². The zero-order chi connectivity index (χ0) is 10.8. The van der Waals surface area contributed by atoms with Gasteiger partial charge in [0.2, 0.25) is 5.88 Å². The predicted molar refractivity (Wildman–Crippen MR) is 43.5 cm³/mol. The van der Waals surface area contributed by atoms with E-state index in [1.54, 1.807) is 13.0 Å². The molecule has 0 spiro atoms. The summed E-state index contributed by atoms with van der Waals surface area (Å²) in [5.74, 6) is -0.474. The molecule has 6 heteroatoms. The van der Waals surface area contributed by atoms with Crippen LogP contribution in [0.5, 0.6) is 5.88 Å². The van der Waals surface area contributed by atoms with E-state index in [2.05, 4.69) is 9.72 Å². The highest BCUT2D eigenvalue weighted by Gasteiger charge is 2.31. The molecule has 0 atom stereocenters. The smallest absolute Gasteiger partial charge is 0.388 e. The van der Waals surface area contributed by atoms with E-state index >= 15 is 0 Å². The number of rotatable bonds is 2. The summed E-state index contributed by atoms with van der Waals surface area (Å²) in [5, 5.41) is 0. The third kappa shape index (κ3) is 3.21. The molecule has 0 saturated carbocycles. The third-order valence-corrected chi connectivity index (χ3v) is 1.43. The van der Waals surface area contributed by atoms with Crippen molar-refractivity contribution in [3.63, 3.8) is 0 Å². The Labute approximate surface area is 78.7 Å². The maximum Gasteiger partial charge on any atom is 0.574 e. The first-order valence-electron chi connectivity index (χ1n) is 3.84. The summed E-state index contributed by atoms with van der Waals surface area (Å²) in [6, 6.07) is 2.80. The van der Waals surface area contributed by atoms with Crippen LogP contribution < -0.4 is 10.5 Å². The molecule has 0 radical (unpaired) electrons. The summed E-state index contributed by atoms with van der Waals surface area (Å²) < 4.78 is 39.1. The fourth-order valence-electron chi connectivity index (χ4n) is 0.981. The van der Waals surface area contributed by atoms with E-state index in [9.17, 15) is 13.2 Å². The van der Waals surface area contributed by atoms with Crippen molar-refractivity contribution in [3.05, 3.63) is 23.4 Å². The predicted octanol–water partition coefficient (Wildman–Crippen LogP) is 1.75. The standard InChI is InChI=1S/C8H9F3N2O/c1-5-2-6(4-12)13-7(3-5)14-8(9,10)11/h2-3H,4,12H2,1H3. The van der Waals surface area contributed by atoms with Gasteiger partial charge >= 0.3 is 6.36 Å². The third-order valence-electron chi connectivity index (χ3n) is 1.43. The maximum absolute atomic E-state index is 11.8. The minimum atomic E-state index is -4.72. The Hall–Kier alpha value is -1.30. The van der Waals surface area contributed by atoms with Crippen molar-refractivity contribution in [1.29, 1.82) is 0 Å². The molecule has 1 heterocycles. The van der Waals surface area contributed by atoms with Crippen molar-refractivity contribution in [2.24, 2.45) is 5.73 Å². The highest BCUT2D eigenvalue weighted by atomic mass is 19.4. The Bertz CT molecular complexity index is 325. The van der Waals surface area contributed by atoms with Crippen molar-refractivity contribution < 1.29 is 17.9 Å². The highest BCUT2D eigenvalue weighted by Crippen LogP contribution is 2.21. The zero-order valence-electron chi connectivity index (χ0n) is 7.43. The Morgan fingerprint density at radius 2 is 2.07 bits per heavy atom. The van der Waals surface area contributed by atoms with Gasteiger partial charge in [-0.2, -0.15) is 0 Å². The van der Waals surface area contributed by atoms with Crippen molar-refractivity contribution >= 4 is 0 Å². The molecule has 0 aliphatic heterocycles. The molecule has 0 aliphatic carbocycles. The molecular formula is C8H9F3N2O. The minimum absolute atomic E-state index is 0.0793. The SMILES string of the molecule is Cc1cc(CN)nc(OC(F)(F)F)c1. The van der Waals surface area contributed by atoms with E-state index in [0.717, 1.165) is 0 Å². The second-order valence-electron chi connectivity index (χ2n) is 2.73. The second kappa shape index (κ2) is 3.83. The van der Waals surface area contributed by atoms with Crippen molar-refractivity contribution in [2.45, 2.75) is 19.8 Å². The lowest BCUT2D eigenvalue weighted by Crippen LogP contribution is -2.18. The van der Waals surface area contributed by atoms with Gasteiger partial charge in [-0.3, -0.25) is 0 Å². The molecule has 1 aromatic rings. The average molecular weight is 206 g/mol. The summed E-state index contributed by atoms with van der Waals surface area (Å²) in [6.45, 7) is 1.72. The molecule has 1 aromatic heterocycles.